The van der Waals surface area contributed by atoms with E-state index in [1.165, 1.54) is 10.8 Å². The van der Waals surface area contributed by atoms with Crippen LogP contribution in [0, 0.1) is 13.8 Å². The van der Waals surface area contributed by atoms with Crippen LogP contribution in [0.3, 0.4) is 0 Å². The summed E-state index contributed by atoms with van der Waals surface area (Å²) in [5.74, 6) is 1.02. The van der Waals surface area contributed by atoms with Crippen LogP contribution in [0.15, 0.2) is 40.2 Å². The van der Waals surface area contributed by atoms with Gasteiger partial charge in [0.1, 0.15) is 11.5 Å². The molecule has 0 aromatic carbocycles. The van der Waals surface area contributed by atoms with Crippen LogP contribution in [0.4, 0.5) is 0 Å². The maximum Gasteiger partial charge on any atom is 0.272 e. The maximum atomic E-state index is 12.9. The summed E-state index contributed by atoms with van der Waals surface area (Å²) in [6, 6.07) is 4.99. The fourth-order valence-corrected chi connectivity index (χ4v) is 2.68. The molecule has 1 N–H and O–H groups in total. The van der Waals surface area contributed by atoms with Gasteiger partial charge >= 0.3 is 0 Å². The highest BCUT2D eigenvalue weighted by atomic mass is 16.1. The number of fused-ring (bicyclic) bond motifs is 3. The molecule has 0 radical (unpaired) electrons. The molecular formula is C15H12N6O2. The van der Waals surface area contributed by atoms with Gasteiger partial charge in [0.2, 0.25) is 0 Å². The van der Waals surface area contributed by atoms with Crippen LogP contribution in [0.5, 0.6) is 0 Å². The van der Waals surface area contributed by atoms with Crippen molar-refractivity contribution in [2.75, 3.05) is 0 Å². The molecule has 0 aliphatic heterocycles. The van der Waals surface area contributed by atoms with Crippen molar-refractivity contribution >= 4 is 16.7 Å². The van der Waals surface area contributed by atoms with E-state index in [9.17, 15) is 9.59 Å². The highest BCUT2D eigenvalue weighted by Crippen LogP contribution is 2.15. The zero-order valence-electron chi connectivity index (χ0n) is 12.4. The van der Waals surface area contributed by atoms with E-state index in [1.807, 2.05) is 0 Å². The van der Waals surface area contributed by atoms with Gasteiger partial charge in [-0.1, -0.05) is 0 Å². The molecule has 4 heterocycles. The molecule has 0 fully saturated rings. The highest BCUT2D eigenvalue weighted by Gasteiger charge is 2.14. The van der Waals surface area contributed by atoms with Crippen LogP contribution in [0.2, 0.25) is 0 Å². The third kappa shape index (κ3) is 1.88. The smallest absolute Gasteiger partial charge is 0.272 e. The number of nitrogens with zero attached hydrogens (tertiary/aromatic N) is 5. The fraction of sp³-hybridized carbons (Fsp3) is 0.133. The Balaban J connectivity index is 2.16. The summed E-state index contributed by atoms with van der Waals surface area (Å²) >= 11 is 0. The van der Waals surface area contributed by atoms with E-state index < -0.39 is 0 Å². The van der Waals surface area contributed by atoms with Crippen LogP contribution in [-0.2, 0) is 0 Å². The number of pyridine rings is 2. The SMILES string of the molecule is Cc1nc2nc(C)c3c(=O)n(-c4ccc[nH]c4=O)ccc3n2n1. The second-order valence-corrected chi connectivity index (χ2v) is 5.20. The van der Waals surface area contributed by atoms with E-state index in [2.05, 4.69) is 20.1 Å². The number of H-pyrrole nitrogens is 1. The van der Waals surface area contributed by atoms with Crippen molar-refractivity contribution in [3.8, 4) is 5.69 Å². The topological polar surface area (TPSA) is 97.9 Å². The number of nitrogens with one attached hydrogen (secondary N) is 1. The number of aromatic amines is 1. The lowest BCUT2D eigenvalue weighted by Crippen LogP contribution is -2.25. The average Bonchev–Trinajstić information content (AvgIpc) is 2.88. The summed E-state index contributed by atoms with van der Waals surface area (Å²) in [6.45, 7) is 3.51. The Labute approximate surface area is 129 Å². The molecule has 8 heteroatoms. The van der Waals surface area contributed by atoms with E-state index in [0.29, 0.717) is 28.2 Å². The van der Waals surface area contributed by atoms with Gasteiger partial charge in [-0.2, -0.15) is 9.50 Å². The molecule has 0 unspecified atom stereocenters. The summed E-state index contributed by atoms with van der Waals surface area (Å²) in [5.41, 5.74) is 0.762. The lowest BCUT2D eigenvalue weighted by molar-refractivity contribution is 0.927. The Morgan fingerprint density at radius 1 is 1.13 bits per heavy atom. The molecule has 8 nitrogen and oxygen atoms in total. The van der Waals surface area contributed by atoms with Crippen molar-refractivity contribution < 1.29 is 0 Å². The molecular weight excluding hydrogens is 296 g/mol. The minimum absolute atomic E-state index is 0.258. The summed E-state index contributed by atoms with van der Waals surface area (Å²) in [7, 11) is 0. The van der Waals surface area contributed by atoms with E-state index in [-0.39, 0.29) is 16.8 Å². The van der Waals surface area contributed by atoms with Crippen molar-refractivity contribution in [3.05, 3.63) is 62.8 Å². The first-order valence-corrected chi connectivity index (χ1v) is 6.99. The van der Waals surface area contributed by atoms with Crippen molar-refractivity contribution in [2.45, 2.75) is 13.8 Å². The van der Waals surface area contributed by atoms with Gasteiger partial charge in [-0.15, -0.1) is 5.10 Å². The molecule has 4 aromatic rings. The Morgan fingerprint density at radius 2 is 1.96 bits per heavy atom. The minimum atomic E-state index is -0.336. The van der Waals surface area contributed by atoms with Crippen LogP contribution in [-0.4, -0.2) is 29.1 Å². The molecule has 0 spiro atoms. The average molecular weight is 308 g/mol. The molecule has 0 amide bonds. The Bertz CT molecular complexity index is 1180. The van der Waals surface area contributed by atoms with Gasteiger partial charge in [-0.25, -0.2) is 4.98 Å². The molecule has 0 atom stereocenters. The van der Waals surface area contributed by atoms with Gasteiger partial charge in [-0.3, -0.25) is 14.2 Å². The molecule has 0 aliphatic carbocycles. The summed E-state index contributed by atoms with van der Waals surface area (Å²) in [5, 5.41) is 4.68. The fourth-order valence-electron chi connectivity index (χ4n) is 2.68. The largest absolute Gasteiger partial charge is 0.327 e. The predicted octanol–water partition coefficient (Wildman–Crippen LogP) is 0.734. The van der Waals surface area contributed by atoms with Gasteiger partial charge in [0, 0.05) is 12.4 Å². The molecule has 0 bridgehead atoms. The van der Waals surface area contributed by atoms with E-state index in [1.54, 1.807) is 42.8 Å². The van der Waals surface area contributed by atoms with Gasteiger partial charge in [0.15, 0.2) is 0 Å². The number of aryl methyl sites for hydroxylation is 2. The molecule has 4 rings (SSSR count). The second-order valence-electron chi connectivity index (χ2n) is 5.20. The van der Waals surface area contributed by atoms with Crippen LogP contribution >= 0.6 is 0 Å². The number of hydrogen-bond acceptors (Lipinski definition) is 5. The lowest BCUT2D eigenvalue weighted by Gasteiger charge is -2.08. The van der Waals surface area contributed by atoms with Gasteiger partial charge in [0.25, 0.3) is 16.9 Å². The third-order valence-electron chi connectivity index (χ3n) is 3.68. The monoisotopic (exact) mass is 308 g/mol. The molecule has 4 aromatic heterocycles. The summed E-state index contributed by atoms with van der Waals surface area (Å²) in [6.07, 6.45) is 3.08. The summed E-state index contributed by atoms with van der Waals surface area (Å²) < 4.78 is 2.85. The lowest BCUT2D eigenvalue weighted by atomic mass is 10.2. The predicted molar refractivity (Wildman–Crippen MR) is 84.0 cm³/mol. The molecule has 0 aliphatic rings. The van der Waals surface area contributed by atoms with E-state index in [4.69, 9.17) is 0 Å². The van der Waals surface area contributed by atoms with Crippen LogP contribution in [0.1, 0.15) is 11.5 Å². The molecule has 0 saturated heterocycles. The molecule has 23 heavy (non-hydrogen) atoms. The normalized spacial score (nSPS) is 11.4. The Hall–Kier alpha value is -3.29. The Morgan fingerprint density at radius 3 is 2.74 bits per heavy atom. The summed E-state index contributed by atoms with van der Waals surface area (Å²) in [4.78, 5) is 35.9. The third-order valence-corrected chi connectivity index (χ3v) is 3.68. The zero-order valence-corrected chi connectivity index (χ0v) is 12.4. The van der Waals surface area contributed by atoms with E-state index >= 15 is 0 Å². The first-order valence-electron chi connectivity index (χ1n) is 6.99. The highest BCUT2D eigenvalue weighted by molar-refractivity contribution is 5.82. The van der Waals surface area contributed by atoms with Crippen LogP contribution < -0.4 is 11.1 Å². The zero-order chi connectivity index (χ0) is 16.1. The first kappa shape index (κ1) is 13.4. The van der Waals surface area contributed by atoms with E-state index in [0.717, 1.165) is 0 Å². The van der Waals surface area contributed by atoms with Crippen LogP contribution in [0.25, 0.3) is 22.4 Å². The number of rotatable bonds is 1. The maximum absolute atomic E-state index is 12.9. The minimum Gasteiger partial charge on any atom is -0.327 e. The van der Waals surface area contributed by atoms with Gasteiger partial charge in [-0.05, 0) is 32.0 Å². The quantitative estimate of drug-likeness (QED) is 0.559. The second kappa shape index (κ2) is 4.60. The van der Waals surface area contributed by atoms with Gasteiger partial charge in [0.05, 0.1) is 16.6 Å². The Kier molecular flexibility index (Phi) is 2.68. The van der Waals surface area contributed by atoms with Crippen molar-refractivity contribution in [1.82, 2.24) is 29.1 Å². The standard InChI is InChI=1S/C15H12N6O2/c1-8-12-10(21-15(17-8)18-9(2)19-21)5-7-20(14(12)23)11-4-3-6-16-13(11)22/h3-7H,1-2H3,(H,16,22). The van der Waals surface area contributed by atoms with Crippen molar-refractivity contribution in [2.24, 2.45) is 0 Å². The number of aromatic nitrogens is 6. The van der Waals surface area contributed by atoms with Gasteiger partial charge < -0.3 is 4.98 Å². The van der Waals surface area contributed by atoms with Crippen molar-refractivity contribution in [3.63, 3.8) is 0 Å². The number of hydrogen-bond donors (Lipinski definition) is 1. The van der Waals surface area contributed by atoms with Crippen molar-refractivity contribution in [1.29, 1.82) is 0 Å². The first-order chi connectivity index (χ1) is 11.1. The molecule has 114 valence electrons. The molecule has 0 saturated carbocycles.